The number of fused-ring (bicyclic) bond motifs is 5. The second kappa shape index (κ2) is 7.15. The molecule has 0 aliphatic carbocycles. The minimum absolute atomic E-state index is 0.375. The number of hydrogen-bond acceptors (Lipinski definition) is 3. The van der Waals surface area contributed by atoms with Crippen molar-refractivity contribution in [3.63, 3.8) is 0 Å². The van der Waals surface area contributed by atoms with Gasteiger partial charge in [0.05, 0.1) is 22.4 Å². The van der Waals surface area contributed by atoms with Crippen LogP contribution in [0.1, 0.15) is 27.7 Å². The minimum atomic E-state index is -0.400. The van der Waals surface area contributed by atoms with Gasteiger partial charge in [-0.1, -0.05) is 78.9 Å². The highest BCUT2D eigenvalue weighted by Crippen LogP contribution is 2.38. The van der Waals surface area contributed by atoms with Gasteiger partial charge in [0, 0.05) is 21.7 Å². The van der Waals surface area contributed by atoms with Crippen molar-refractivity contribution in [1.82, 2.24) is 4.98 Å². The summed E-state index contributed by atoms with van der Waals surface area (Å²) in [6.07, 6.45) is 0. The number of nitrogens with zero attached hydrogens (tertiary/aromatic N) is 1. The smallest absolute Gasteiger partial charge is 0.399 e. The fraction of sp³-hybridized carbons (Fsp3) is 0.207. The lowest BCUT2D eigenvalue weighted by atomic mass is 9.78. The molecule has 1 aliphatic heterocycles. The summed E-state index contributed by atoms with van der Waals surface area (Å²) in [6.45, 7) is 8.33. The Labute approximate surface area is 194 Å². The molecule has 0 N–H and O–H groups in total. The molecule has 0 amide bonds. The number of hydrogen-bond donors (Lipinski definition) is 0. The molecule has 0 radical (unpaired) electrons. The highest BCUT2D eigenvalue weighted by Gasteiger charge is 2.51. The van der Waals surface area contributed by atoms with Crippen LogP contribution in [-0.4, -0.2) is 23.3 Å². The van der Waals surface area contributed by atoms with E-state index in [0.717, 1.165) is 27.6 Å². The number of aromatic nitrogens is 1. The second-order valence-corrected chi connectivity index (χ2v) is 9.90. The summed E-state index contributed by atoms with van der Waals surface area (Å²) in [5, 5.41) is 6.05. The van der Waals surface area contributed by atoms with Crippen LogP contribution in [0.2, 0.25) is 0 Å². The Morgan fingerprint density at radius 1 is 0.667 bits per heavy atom. The van der Waals surface area contributed by atoms with Gasteiger partial charge in [0.25, 0.3) is 0 Å². The Balaban J connectivity index is 1.58. The van der Waals surface area contributed by atoms with E-state index in [1.165, 1.54) is 21.5 Å². The van der Waals surface area contributed by atoms with Gasteiger partial charge in [0.15, 0.2) is 0 Å². The molecular weight excluding hydrogens is 405 g/mol. The quantitative estimate of drug-likeness (QED) is 0.236. The van der Waals surface area contributed by atoms with Gasteiger partial charge < -0.3 is 9.31 Å². The molecule has 3 nitrogen and oxygen atoms in total. The van der Waals surface area contributed by atoms with Crippen molar-refractivity contribution in [2.75, 3.05) is 0 Å². The molecule has 5 aromatic rings. The largest absolute Gasteiger partial charge is 0.494 e. The van der Waals surface area contributed by atoms with Crippen LogP contribution >= 0.6 is 0 Å². The summed E-state index contributed by atoms with van der Waals surface area (Å²) in [5.41, 5.74) is 3.30. The monoisotopic (exact) mass is 431 g/mol. The molecule has 6 rings (SSSR count). The molecule has 0 saturated carbocycles. The molecule has 0 bridgehead atoms. The predicted molar refractivity (Wildman–Crippen MR) is 138 cm³/mol. The zero-order chi connectivity index (χ0) is 22.8. The van der Waals surface area contributed by atoms with Crippen LogP contribution in [0.25, 0.3) is 43.7 Å². The highest BCUT2D eigenvalue weighted by molar-refractivity contribution is 6.62. The van der Waals surface area contributed by atoms with E-state index in [1.807, 2.05) is 0 Å². The number of pyridine rings is 1. The summed E-state index contributed by atoms with van der Waals surface area (Å²) in [5.74, 6) is 0. The Bertz CT molecular complexity index is 1510. The van der Waals surface area contributed by atoms with E-state index in [-0.39, 0.29) is 11.2 Å². The first-order valence-electron chi connectivity index (χ1n) is 11.5. The molecule has 4 heteroatoms. The second-order valence-electron chi connectivity index (χ2n) is 9.90. The van der Waals surface area contributed by atoms with E-state index in [4.69, 9.17) is 14.3 Å². The Morgan fingerprint density at radius 3 is 2.15 bits per heavy atom. The summed E-state index contributed by atoms with van der Waals surface area (Å²) >= 11 is 0. The van der Waals surface area contributed by atoms with Gasteiger partial charge in [-0.3, -0.25) is 0 Å². The number of para-hydroxylation sites is 1. The lowest BCUT2D eigenvalue weighted by Gasteiger charge is -2.32. The summed E-state index contributed by atoms with van der Waals surface area (Å²) in [4.78, 5) is 5.12. The van der Waals surface area contributed by atoms with Crippen molar-refractivity contribution in [2.24, 2.45) is 0 Å². The van der Waals surface area contributed by atoms with Crippen molar-refractivity contribution >= 4 is 45.0 Å². The van der Waals surface area contributed by atoms with Crippen LogP contribution in [-0.2, 0) is 9.31 Å². The van der Waals surface area contributed by atoms with E-state index in [9.17, 15) is 0 Å². The zero-order valence-electron chi connectivity index (χ0n) is 19.4. The first kappa shape index (κ1) is 20.4. The maximum Gasteiger partial charge on any atom is 0.494 e. The standard InChI is InChI=1S/C29H26BNO2/c1-28(2)29(3,4)33-30(32-28)21-12-9-11-20(18-21)27-24-17-16-19-10-5-6-13-22(19)26(24)23-14-7-8-15-25(23)31-27/h5-18H,1-4H3. The van der Waals surface area contributed by atoms with Crippen molar-refractivity contribution in [3.8, 4) is 11.3 Å². The third-order valence-electron chi connectivity index (χ3n) is 7.28. The van der Waals surface area contributed by atoms with E-state index in [0.29, 0.717) is 0 Å². The van der Waals surface area contributed by atoms with Gasteiger partial charge in [-0.05, 0) is 50.0 Å². The van der Waals surface area contributed by atoms with Crippen molar-refractivity contribution in [2.45, 2.75) is 38.9 Å². The predicted octanol–water partition coefficient (Wildman–Crippen LogP) is 6.51. The third kappa shape index (κ3) is 3.17. The van der Waals surface area contributed by atoms with Crippen molar-refractivity contribution in [1.29, 1.82) is 0 Å². The van der Waals surface area contributed by atoms with Gasteiger partial charge in [-0.15, -0.1) is 0 Å². The van der Waals surface area contributed by atoms with Crippen LogP contribution in [0.3, 0.4) is 0 Å². The third-order valence-corrected chi connectivity index (χ3v) is 7.28. The molecule has 4 aromatic carbocycles. The Hall–Kier alpha value is -3.21. The van der Waals surface area contributed by atoms with Crippen LogP contribution in [0, 0.1) is 0 Å². The molecule has 0 spiro atoms. The molecule has 1 aliphatic rings. The van der Waals surface area contributed by atoms with E-state index >= 15 is 0 Å². The van der Waals surface area contributed by atoms with Crippen molar-refractivity contribution < 1.29 is 9.31 Å². The van der Waals surface area contributed by atoms with Crippen LogP contribution in [0.4, 0.5) is 0 Å². The first-order chi connectivity index (χ1) is 15.8. The van der Waals surface area contributed by atoms with Gasteiger partial charge in [-0.2, -0.15) is 0 Å². The van der Waals surface area contributed by atoms with Crippen LogP contribution in [0.5, 0.6) is 0 Å². The summed E-state index contributed by atoms with van der Waals surface area (Å²) in [7, 11) is -0.400. The molecule has 0 unspecified atom stereocenters. The SMILES string of the molecule is CC1(C)OB(c2cccc(-c3nc4ccccc4c4c3ccc3ccccc34)c2)OC1(C)C. The topological polar surface area (TPSA) is 31.4 Å². The van der Waals surface area contributed by atoms with E-state index < -0.39 is 7.12 Å². The summed E-state index contributed by atoms with van der Waals surface area (Å²) < 4.78 is 12.6. The maximum atomic E-state index is 6.31. The van der Waals surface area contributed by atoms with Gasteiger partial charge in [-0.25, -0.2) is 4.98 Å². The number of benzene rings is 4. The van der Waals surface area contributed by atoms with Gasteiger partial charge in [0.1, 0.15) is 0 Å². The average Bonchev–Trinajstić information content (AvgIpc) is 3.05. The highest BCUT2D eigenvalue weighted by atomic mass is 16.7. The maximum absolute atomic E-state index is 6.31. The Morgan fingerprint density at radius 2 is 1.36 bits per heavy atom. The molecule has 1 saturated heterocycles. The fourth-order valence-electron chi connectivity index (χ4n) is 4.75. The molecule has 0 atom stereocenters. The lowest BCUT2D eigenvalue weighted by Crippen LogP contribution is -2.41. The number of rotatable bonds is 2. The molecule has 1 fully saturated rings. The average molecular weight is 431 g/mol. The van der Waals surface area contributed by atoms with Crippen LogP contribution in [0.15, 0.2) is 84.9 Å². The minimum Gasteiger partial charge on any atom is -0.399 e. The van der Waals surface area contributed by atoms with E-state index in [1.54, 1.807) is 0 Å². The van der Waals surface area contributed by atoms with E-state index in [2.05, 4.69) is 113 Å². The lowest BCUT2D eigenvalue weighted by molar-refractivity contribution is 0.00578. The Kier molecular flexibility index (Phi) is 4.42. The molecule has 1 aromatic heterocycles. The first-order valence-corrected chi connectivity index (χ1v) is 11.5. The van der Waals surface area contributed by atoms with Gasteiger partial charge >= 0.3 is 7.12 Å². The van der Waals surface area contributed by atoms with Gasteiger partial charge in [0.2, 0.25) is 0 Å². The normalized spacial score (nSPS) is 17.3. The summed E-state index contributed by atoms with van der Waals surface area (Å²) in [6, 6.07) is 29.8. The molecule has 162 valence electrons. The van der Waals surface area contributed by atoms with Crippen LogP contribution < -0.4 is 5.46 Å². The fourth-order valence-corrected chi connectivity index (χ4v) is 4.75. The zero-order valence-corrected chi connectivity index (χ0v) is 19.4. The molecule has 2 heterocycles. The van der Waals surface area contributed by atoms with Crippen molar-refractivity contribution in [3.05, 3.63) is 84.9 Å². The molecular formula is C29H26BNO2. The molecule has 33 heavy (non-hydrogen) atoms.